The van der Waals surface area contributed by atoms with Gasteiger partial charge in [0.25, 0.3) is 0 Å². The first-order chi connectivity index (χ1) is 16.0. The molecule has 7 nitrogen and oxygen atoms in total. The van der Waals surface area contributed by atoms with Crippen LogP contribution in [0, 0.1) is 11.3 Å². The number of aryl methyl sites for hydroxylation is 1. The standard InChI is InChI=1S/C23H18F3N5O2S/c1-3-34(32,33)19-10-16(15-6-4-14(5-7-15)8-9-27)12-29-21(19)22-30-17-11-20(23(24,25)26)28-13-18(17)31(22)2/h4-7,10-13H,3,8H2,1-2H3. The number of nitriles is 1. The average molecular weight is 485 g/mol. The largest absolute Gasteiger partial charge is 0.433 e. The number of rotatable bonds is 5. The summed E-state index contributed by atoms with van der Waals surface area (Å²) < 4.78 is 66.6. The summed E-state index contributed by atoms with van der Waals surface area (Å²) >= 11 is 0. The highest BCUT2D eigenvalue weighted by Gasteiger charge is 2.33. The summed E-state index contributed by atoms with van der Waals surface area (Å²) in [5, 5.41) is 8.83. The van der Waals surface area contributed by atoms with Crippen LogP contribution in [0.2, 0.25) is 0 Å². The third kappa shape index (κ3) is 4.24. The van der Waals surface area contributed by atoms with Gasteiger partial charge in [-0.1, -0.05) is 31.2 Å². The first-order valence-electron chi connectivity index (χ1n) is 10.1. The minimum Gasteiger partial charge on any atom is -0.324 e. The number of hydrogen-bond acceptors (Lipinski definition) is 6. The highest BCUT2D eigenvalue weighted by Crippen LogP contribution is 2.34. The second-order valence-corrected chi connectivity index (χ2v) is 9.80. The van der Waals surface area contributed by atoms with E-state index in [9.17, 15) is 21.6 Å². The van der Waals surface area contributed by atoms with Gasteiger partial charge in [-0.05, 0) is 23.3 Å². The molecule has 0 aliphatic carbocycles. The maximum Gasteiger partial charge on any atom is 0.433 e. The number of sulfone groups is 1. The number of aromatic nitrogens is 4. The van der Waals surface area contributed by atoms with Crippen molar-refractivity contribution in [3.8, 4) is 28.7 Å². The number of imidazole rings is 1. The second-order valence-electron chi connectivity index (χ2n) is 7.56. The zero-order valence-corrected chi connectivity index (χ0v) is 18.9. The van der Waals surface area contributed by atoms with E-state index < -0.39 is 21.7 Å². The molecule has 4 rings (SSSR count). The highest BCUT2D eigenvalue weighted by molar-refractivity contribution is 7.91. The third-order valence-corrected chi connectivity index (χ3v) is 7.15. The molecule has 0 spiro atoms. The number of pyridine rings is 2. The fraction of sp³-hybridized carbons (Fsp3) is 0.217. The summed E-state index contributed by atoms with van der Waals surface area (Å²) in [5.74, 6) is -0.0882. The second kappa shape index (κ2) is 8.53. The number of hydrogen-bond donors (Lipinski definition) is 0. The quantitative estimate of drug-likeness (QED) is 0.410. The van der Waals surface area contributed by atoms with E-state index in [0.29, 0.717) is 16.6 Å². The lowest BCUT2D eigenvalue weighted by molar-refractivity contribution is -0.141. The number of halogens is 3. The summed E-state index contributed by atoms with van der Waals surface area (Å²) in [5.41, 5.74) is 1.36. The first kappa shape index (κ1) is 23.4. The van der Waals surface area contributed by atoms with Crippen LogP contribution in [0.15, 0.2) is 53.7 Å². The molecule has 0 radical (unpaired) electrons. The van der Waals surface area contributed by atoms with Crippen LogP contribution in [0.1, 0.15) is 18.2 Å². The Bertz CT molecular complexity index is 1540. The van der Waals surface area contributed by atoms with Gasteiger partial charge >= 0.3 is 6.18 Å². The van der Waals surface area contributed by atoms with Gasteiger partial charge in [0, 0.05) is 18.8 Å². The number of fused-ring (bicyclic) bond motifs is 1. The predicted octanol–water partition coefficient (Wildman–Crippen LogP) is 4.58. The lowest BCUT2D eigenvalue weighted by atomic mass is 10.0. The van der Waals surface area contributed by atoms with Crippen molar-refractivity contribution in [2.24, 2.45) is 7.05 Å². The highest BCUT2D eigenvalue weighted by atomic mass is 32.2. The van der Waals surface area contributed by atoms with Crippen LogP contribution < -0.4 is 0 Å². The molecule has 0 unspecified atom stereocenters. The minimum absolute atomic E-state index is 0.0265. The van der Waals surface area contributed by atoms with Crippen molar-refractivity contribution in [1.82, 2.24) is 19.5 Å². The van der Waals surface area contributed by atoms with Gasteiger partial charge in [-0.25, -0.2) is 18.4 Å². The lowest BCUT2D eigenvalue weighted by Crippen LogP contribution is -2.09. The normalized spacial score (nSPS) is 12.1. The lowest BCUT2D eigenvalue weighted by Gasteiger charge is -2.11. The molecule has 1 aromatic carbocycles. The molecule has 34 heavy (non-hydrogen) atoms. The molecular weight excluding hydrogens is 467 g/mol. The van der Waals surface area contributed by atoms with E-state index >= 15 is 0 Å². The molecule has 174 valence electrons. The molecular formula is C23H18F3N5O2S. The van der Waals surface area contributed by atoms with Crippen LogP contribution in [-0.2, 0) is 29.5 Å². The third-order valence-electron chi connectivity index (χ3n) is 5.41. The Balaban J connectivity index is 1.89. The van der Waals surface area contributed by atoms with Gasteiger partial charge in [-0.3, -0.25) is 4.98 Å². The molecule has 0 aliphatic heterocycles. The molecule has 0 atom stereocenters. The van der Waals surface area contributed by atoms with Crippen molar-refractivity contribution < 1.29 is 21.6 Å². The molecule has 4 aromatic rings. The Morgan fingerprint density at radius 2 is 1.76 bits per heavy atom. The fourth-order valence-electron chi connectivity index (χ4n) is 3.52. The Morgan fingerprint density at radius 1 is 1.06 bits per heavy atom. The van der Waals surface area contributed by atoms with Crippen molar-refractivity contribution in [3.63, 3.8) is 0 Å². The van der Waals surface area contributed by atoms with Crippen molar-refractivity contribution in [2.75, 3.05) is 5.75 Å². The SMILES string of the molecule is CCS(=O)(=O)c1cc(-c2ccc(CC#N)cc2)cnc1-c1nc2cc(C(F)(F)F)ncc2n1C. The van der Waals surface area contributed by atoms with Gasteiger partial charge in [0.1, 0.15) is 11.4 Å². The summed E-state index contributed by atoms with van der Waals surface area (Å²) in [7, 11) is -2.20. The molecule has 0 N–H and O–H groups in total. The van der Waals surface area contributed by atoms with Gasteiger partial charge in [-0.15, -0.1) is 0 Å². The van der Waals surface area contributed by atoms with E-state index in [1.807, 2.05) is 0 Å². The Hall–Kier alpha value is -3.78. The monoisotopic (exact) mass is 485 g/mol. The number of nitrogens with zero attached hydrogens (tertiary/aromatic N) is 5. The van der Waals surface area contributed by atoms with E-state index in [1.165, 1.54) is 23.8 Å². The van der Waals surface area contributed by atoms with Gasteiger partial charge in [-0.2, -0.15) is 18.4 Å². The van der Waals surface area contributed by atoms with Crippen LogP contribution in [0.25, 0.3) is 33.7 Å². The molecule has 0 saturated heterocycles. The molecule has 0 bridgehead atoms. The van der Waals surface area contributed by atoms with Crippen LogP contribution >= 0.6 is 0 Å². The zero-order chi connectivity index (χ0) is 24.7. The maximum absolute atomic E-state index is 13.1. The van der Waals surface area contributed by atoms with Crippen molar-refractivity contribution in [2.45, 2.75) is 24.4 Å². The van der Waals surface area contributed by atoms with E-state index in [0.717, 1.165) is 17.8 Å². The molecule has 3 aromatic heterocycles. The molecule has 3 heterocycles. The van der Waals surface area contributed by atoms with Gasteiger partial charge < -0.3 is 4.57 Å². The van der Waals surface area contributed by atoms with Gasteiger partial charge in [0.15, 0.2) is 15.7 Å². The summed E-state index contributed by atoms with van der Waals surface area (Å²) in [6.45, 7) is 1.50. The van der Waals surface area contributed by atoms with Crippen LogP contribution in [0.4, 0.5) is 13.2 Å². The van der Waals surface area contributed by atoms with Gasteiger partial charge in [0.05, 0.1) is 40.4 Å². The van der Waals surface area contributed by atoms with Gasteiger partial charge in [0.2, 0.25) is 0 Å². The van der Waals surface area contributed by atoms with E-state index in [4.69, 9.17) is 5.26 Å². The Morgan fingerprint density at radius 3 is 2.38 bits per heavy atom. The maximum atomic E-state index is 13.1. The summed E-state index contributed by atoms with van der Waals surface area (Å²) in [6.07, 6.45) is -1.84. The average Bonchev–Trinajstić information content (AvgIpc) is 3.14. The topological polar surface area (TPSA) is 102 Å². The first-order valence-corrected chi connectivity index (χ1v) is 11.8. The predicted molar refractivity (Wildman–Crippen MR) is 119 cm³/mol. The van der Waals surface area contributed by atoms with E-state index in [1.54, 1.807) is 31.3 Å². The zero-order valence-electron chi connectivity index (χ0n) is 18.1. The van der Waals surface area contributed by atoms with Crippen LogP contribution in [0.3, 0.4) is 0 Å². The molecule has 0 aliphatic rings. The van der Waals surface area contributed by atoms with E-state index in [2.05, 4.69) is 21.0 Å². The smallest absolute Gasteiger partial charge is 0.324 e. The molecule has 0 fully saturated rings. The van der Waals surface area contributed by atoms with Crippen LogP contribution in [-0.4, -0.2) is 33.7 Å². The Kier molecular flexibility index (Phi) is 5.87. The van der Waals surface area contributed by atoms with E-state index in [-0.39, 0.29) is 34.1 Å². The van der Waals surface area contributed by atoms with Crippen molar-refractivity contribution in [1.29, 1.82) is 5.26 Å². The summed E-state index contributed by atoms with van der Waals surface area (Å²) in [4.78, 5) is 12.0. The Labute approximate surface area is 193 Å². The fourth-order valence-corrected chi connectivity index (χ4v) is 4.58. The molecule has 0 saturated carbocycles. The van der Waals surface area contributed by atoms with Crippen LogP contribution in [0.5, 0.6) is 0 Å². The number of benzene rings is 1. The number of alkyl halides is 3. The van der Waals surface area contributed by atoms with Crippen molar-refractivity contribution >= 4 is 20.9 Å². The van der Waals surface area contributed by atoms with Crippen molar-refractivity contribution in [3.05, 3.63) is 60.0 Å². The summed E-state index contributed by atoms with van der Waals surface area (Å²) in [6, 6.07) is 11.5. The molecule has 11 heteroatoms. The molecule has 0 amide bonds. The minimum atomic E-state index is -4.63.